The first-order valence-electron chi connectivity index (χ1n) is 6.72. The highest BCUT2D eigenvalue weighted by Gasteiger charge is 2.13. The van der Waals surface area contributed by atoms with Crippen LogP contribution in [0, 0.1) is 0 Å². The van der Waals surface area contributed by atoms with Crippen molar-refractivity contribution < 1.29 is 4.42 Å². The van der Waals surface area contributed by atoms with Crippen LogP contribution in [0.25, 0.3) is 11.0 Å². The van der Waals surface area contributed by atoms with Crippen LogP contribution < -0.4 is 11.5 Å². The van der Waals surface area contributed by atoms with Crippen LogP contribution in [0.1, 0.15) is 11.1 Å². The molecule has 0 aliphatic rings. The van der Waals surface area contributed by atoms with E-state index in [1.54, 1.807) is 12.1 Å². The zero-order valence-electron chi connectivity index (χ0n) is 11.6. The van der Waals surface area contributed by atoms with Crippen LogP contribution in [0.2, 0.25) is 0 Å². The Morgan fingerprint density at radius 3 is 2.64 bits per heavy atom. The zero-order chi connectivity index (χ0) is 15.5. The van der Waals surface area contributed by atoms with E-state index < -0.39 is 5.63 Å². The molecule has 3 aromatic rings. The number of fused-ring (bicyclic) bond motifs is 1. The molecule has 0 saturated heterocycles. The Kier molecular flexibility index (Phi) is 4.06. The highest BCUT2D eigenvalue weighted by molar-refractivity contribution is 9.10. The maximum absolute atomic E-state index is 12.2. The van der Waals surface area contributed by atoms with Gasteiger partial charge >= 0.3 is 5.63 Å². The Bertz CT molecular complexity index is 901. The van der Waals surface area contributed by atoms with Gasteiger partial charge in [-0.2, -0.15) is 5.10 Å². The molecule has 3 rings (SSSR count). The number of nitrogens with two attached hydrogens (primary N) is 1. The van der Waals surface area contributed by atoms with Gasteiger partial charge in [-0.1, -0.05) is 46.3 Å². The molecule has 0 spiro atoms. The highest BCUT2D eigenvalue weighted by atomic mass is 79.9. The molecule has 0 unspecified atom stereocenters. The fourth-order valence-electron chi connectivity index (χ4n) is 2.30. The lowest BCUT2D eigenvalue weighted by Crippen LogP contribution is -2.18. The van der Waals surface area contributed by atoms with Crippen LogP contribution in [0.15, 0.2) is 73.4 Å². The van der Waals surface area contributed by atoms with Gasteiger partial charge in [0.1, 0.15) is 5.58 Å². The van der Waals surface area contributed by atoms with E-state index in [0.29, 0.717) is 23.3 Å². The van der Waals surface area contributed by atoms with E-state index >= 15 is 0 Å². The molecule has 0 fully saturated rings. The smallest absolute Gasteiger partial charge is 0.345 e. The molecular formula is C17H13BrN2O2. The van der Waals surface area contributed by atoms with Crippen molar-refractivity contribution in [3.8, 4) is 0 Å². The van der Waals surface area contributed by atoms with E-state index in [4.69, 9.17) is 10.3 Å². The van der Waals surface area contributed by atoms with Gasteiger partial charge in [0.25, 0.3) is 0 Å². The summed E-state index contributed by atoms with van der Waals surface area (Å²) in [4.78, 5) is 12.2. The topological polar surface area (TPSA) is 68.6 Å². The quantitative estimate of drug-likeness (QED) is 0.338. The molecule has 1 heterocycles. The lowest BCUT2D eigenvalue weighted by Gasteiger charge is -2.06. The molecule has 2 aromatic carbocycles. The molecule has 0 radical (unpaired) electrons. The van der Waals surface area contributed by atoms with E-state index in [9.17, 15) is 4.79 Å². The number of rotatable bonds is 3. The lowest BCUT2D eigenvalue weighted by molar-refractivity contribution is 0.559. The maximum atomic E-state index is 12.2. The van der Waals surface area contributed by atoms with Crippen LogP contribution in [-0.2, 0) is 6.42 Å². The molecule has 4 nitrogen and oxygen atoms in total. The van der Waals surface area contributed by atoms with E-state index in [2.05, 4.69) is 21.0 Å². The zero-order valence-corrected chi connectivity index (χ0v) is 13.2. The average Bonchev–Trinajstić information content (AvgIpc) is 2.53. The summed E-state index contributed by atoms with van der Waals surface area (Å²) in [6.45, 7) is 0. The molecule has 0 aliphatic heterocycles. The molecular weight excluding hydrogens is 344 g/mol. The van der Waals surface area contributed by atoms with Crippen LogP contribution in [0.5, 0.6) is 0 Å². The van der Waals surface area contributed by atoms with Crippen LogP contribution in [0.3, 0.4) is 0 Å². The summed E-state index contributed by atoms with van der Waals surface area (Å²) in [5.74, 6) is 5.49. The third kappa shape index (κ3) is 2.94. The number of benzene rings is 2. The second kappa shape index (κ2) is 6.15. The van der Waals surface area contributed by atoms with E-state index in [1.807, 2.05) is 42.5 Å². The molecule has 5 heteroatoms. The Morgan fingerprint density at radius 2 is 1.91 bits per heavy atom. The largest absolute Gasteiger partial charge is 0.422 e. The Morgan fingerprint density at radius 1 is 1.14 bits per heavy atom. The first-order valence-corrected chi connectivity index (χ1v) is 7.51. The molecule has 0 saturated carbocycles. The molecule has 110 valence electrons. The molecule has 0 aliphatic carbocycles. The van der Waals surface area contributed by atoms with Crippen molar-refractivity contribution in [1.82, 2.24) is 0 Å². The second-order valence-electron chi connectivity index (χ2n) is 4.87. The van der Waals surface area contributed by atoms with Crippen LogP contribution in [-0.4, -0.2) is 5.71 Å². The molecule has 0 amide bonds. The number of hydrogen-bond donors (Lipinski definition) is 1. The standard InChI is InChI=1S/C17H13BrN2O2/c18-13-6-7-16-12(9-13)10-14(17(21)22-16)15(20-19)8-11-4-2-1-3-5-11/h1-7,9-10H,8,19H2/b20-15-. The number of hydrazone groups is 1. The molecule has 0 bridgehead atoms. The molecule has 22 heavy (non-hydrogen) atoms. The molecule has 0 atom stereocenters. The number of hydrogen-bond acceptors (Lipinski definition) is 4. The SMILES string of the molecule is N/N=C(/Cc1ccccc1)c1cc2cc(Br)ccc2oc1=O. The fraction of sp³-hybridized carbons (Fsp3) is 0.0588. The summed E-state index contributed by atoms with van der Waals surface area (Å²) in [7, 11) is 0. The van der Waals surface area contributed by atoms with Gasteiger partial charge in [0.15, 0.2) is 0 Å². The third-order valence-electron chi connectivity index (χ3n) is 3.38. The minimum atomic E-state index is -0.435. The van der Waals surface area contributed by atoms with Crippen molar-refractivity contribution in [2.24, 2.45) is 10.9 Å². The predicted octanol–water partition coefficient (Wildman–Crippen LogP) is 3.46. The highest BCUT2D eigenvalue weighted by Crippen LogP contribution is 2.20. The van der Waals surface area contributed by atoms with Gasteiger partial charge in [0.05, 0.1) is 11.3 Å². The van der Waals surface area contributed by atoms with Crippen molar-refractivity contribution in [1.29, 1.82) is 0 Å². The predicted molar refractivity (Wildman–Crippen MR) is 91.1 cm³/mol. The minimum absolute atomic E-state index is 0.386. The van der Waals surface area contributed by atoms with Crippen LogP contribution >= 0.6 is 15.9 Å². The summed E-state index contributed by atoms with van der Waals surface area (Å²) >= 11 is 3.41. The summed E-state index contributed by atoms with van der Waals surface area (Å²) in [5, 5.41) is 4.61. The first-order chi connectivity index (χ1) is 10.7. The van der Waals surface area contributed by atoms with Gasteiger partial charge in [-0.25, -0.2) is 4.79 Å². The summed E-state index contributed by atoms with van der Waals surface area (Å²) in [5.41, 5.74) is 2.02. The van der Waals surface area contributed by atoms with Crippen LogP contribution in [0.4, 0.5) is 0 Å². The fourth-order valence-corrected chi connectivity index (χ4v) is 2.67. The average molecular weight is 357 g/mol. The van der Waals surface area contributed by atoms with Gasteiger partial charge in [-0.3, -0.25) is 0 Å². The van der Waals surface area contributed by atoms with Crippen molar-refractivity contribution in [3.05, 3.63) is 80.6 Å². The van der Waals surface area contributed by atoms with E-state index in [0.717, 1.165) is 15.4 Å². The summed E-state index contributed by atoms with van der Waals surface area (Å²) < 4.78 is 6.27. The normalized spacial score (nSPS) is 11.8. The van der Waals surface area contributed by atoms with Gasteiger partial charge in [0.2, 0.25) is 0 Å². The third-order valence-corrected chi connectivity index (χ3v) is 3.87. The molecule has 1 aromatic heterocycles. The Balaban J connectivity index is 2.07. The van der Waals surface area contributed by atoms with Crippen molar-refractivity contribution in [3.63, 3.8) is 0 Å². The number of nitrogens with zero attached hydrogens (tertiary/aromatic N) is 1. The monoisotopic (exact) mass is 356 g/mol. The lowest BCUT2D eigenvalue weighted by atomic mass is 10.0. The summed E-state index contributed by atoms with van der Waals surface area (Å²) in [6.07, 6.45) is 0.474. The second-order valence-corrected chi connectivity index (χ2v) is 5.78. The van der Waals surface area contributed by atoms with Gasteiger partial charge in [-0.15, -0.1) is 0 Å². The van der Waals surface area contributed by atoms with Gasteiger partial charge in [-0.05, 0) is 29.8 Å². The van der Waals surface area contributed by atoms with E-state index in [1.165, 1.54) is 0 Å². The van der Waals surface area contributed by atoms with Gasteiger partial charge < -0.3 is 10.3 Å². The maximum Gasteiger partial charge on any atom is 0.345 e. The van der Waals surface area contributed by atoms with Crippen molar-refractivity contribution in [2.45, 2.75) is 6.42 Å². The van der Waals surface area contributed by atoms with E-state index in [-0.39, 0.29) is 0 Å². The first kappa shape index (κ1) is 14.5. The minimum Gasteiger partial charge on any atom is -0.422 e. The summed E-state index contributed by atoms with van der Waals surface area (Å²) in [6, 6.07) is 17.0. The van der Waals surface area contributed by atoms with Crippen molar-refractivity contribution >= 4 is 32.6 Å². The Hall–Kier alpha value is -2.40. The number of halogens is 1. The molecule has 2 N–H and O–H groups in total. The van der Waals surface area contributed by atoms with Crippen molar-refractivity contribution in [2.75, 3.05) is 0 Å². The Labute approximate surface area is 135 Å². The van der Waals surface area contributed by atoms with Gasteiger partial charge in [0, 0.05) is 16.3 Å².